The molecule has 0 radical (unpaired) electrons. The van der Waals surface area contributed by atoms with Gasteiger partial charge in [0, 0.05) is 38.8 Å². The molecule has 2 fully saturated rings. The first kappa shape index (κ1) is 37.5. The number of ketones is 1. The third kappa shape index (κ3) is 7.95. The van der Waals surface area contributed by atoms with Crippen molar-refractivity contribution >= 4 is 17.7 Å². The lowest BCUT2D eigenvalue weighted by atomic mass is 9.74. The van der Waals surface area contributed by atoms with Crippen LogP contribution in [0.2, 0.25) is 0 Å². The SMILES string of the molecule is CC[C@H]1OC(=O)[C@H](C)[C@@H](O)[C@H](C)[C@H](OC2O[C@H](C)C[C@H](N(C)C(C)=O)[C@@H]2O)[C@](C)(OC)C[C@H](C)C(=O)[C@H](C)[C@@H](O)[C@]1(C)O. The van der Waals surface area contributed by atoms with E-state index in [0.29, 0.717) is 6.42 Å². The molecule has 1 amide bonds. The minimum atomic E-state index is -1.94. The van der Waals surface area contributed by atoms with E-state index in [0.717, 1.165) is 0 Å². The number of cyclic esters (lactones) is 1. The predicted molar refractivity (Wildman–Crippen MR) is 157 cm³/mol. The van der Waals surface area contributed by atoms with E-state index < -0.39 is 83.7 Å². The molecule has 0 aromatic heterocycles. The molecule has 2 rings (SSSR count). The van der Waals surface area contributed by atoms with Crippen LogP contribution in [-0.4, -0.2) is 117 Å². The second-order valence-corrected chi connectivity index (χ2v) is 13.3. The Balaban J connectivity index is 2.61. The Kier molecular flexibility index (Phi) is 12.8. The zero-order chi connectivity index (χ0) is 33.2. The number of aliphatic hydroxyl groups excluding tert-OH is 3. The maximum Gasteiger partial charge on any atom is 0.311 e. The number of hydrogen-bond acceptors (Lipinski definition) is 11. The molecule has 0 bridgehead atoms. The molecule has 250 valence electrons. The number of rotatable bonds is 5. The normalized spacial score (nSPS) is 45.7. The lowest BCUT2D eigenvalue weighted by Crippen LogP contribution is -2.61. The van der Waals surface area contributed by atoms with Crippen molar-refractivity contribution in [3.05, 3.63) is 0 Å². The summed E-state index contributed by atoms with van der Waals surface area (Å²) < 4.78 is 24.1. The lowest BCUT2D eigenvalue weighted by molar-refractivity contribution is -0.301. The number of methoxy groups -OCH3 is 1. The fourth-order valence-corrected chi connectivity index (χ4v) is 6.69. The Bertz CT molecular complexity index is 975. The summed E-state index contributed by atoms with van der Waals surface area (Å²) in [5, 5.41) is 45.2. The van der Waals surface area contributed by atoms with Crippen molar-refractivity contribution < 1.29 is 53.8 Å². The number of carbonyl (C=O) groups is 3. The summed E-state index contributed by atoms with van der Waals surface area (Å²) in [6.45, 7) is 14.3. The summed E-state index contributed by atoms with van der Waals surface area (Å²) in [5.74, 6) is -5.01. The van der Waals surface area contributed by atoms with Gasteiger partial charge in [0.05, 0.1) is 42.0 Å². The van der Waals surface area contributed by atoms with Gasteiger partial charge in [0.15, 0.2) is 6.29 Å². The first-order chi connectivity index (χ1) is 19.7. The molecule has 0 spiro atoms. The number of esters is 1. The monoisotopic (exact) mass is 617 g/mol. The summed E-state index contributed by atoms with van der Waals surface area (Å²) in [5.41, 5.74) is -3.21. The fourth-order valence-electron chi connectivity index (χ4n) is 6.69. The van der Waals surface area contributed by atoms with Gasteiger partial charge in [0.25, 0.3) is 0 Å². The van der Waals surface area contributed by atoms with Crippen molar-refractivity contribution in [3.8, 4) is 0 Å². The van der Waals surface area contributed by atoms with Crippen LogP contribution in [-0.2, 0) is 33.3 Å². The highest BCUT2D eigenvalue weighted by Gasteiger charge is 2.52. The van der Waals surface area contributed by atoms with Crippen molar-refractivity contribution in [2.45, 2.75) is 142 Å². The van der Waals surface area contributed by atoms with Gasteiger partial charge < -0.3 is 44.3 Å². The Hall–Kier alpha value is -1.67. The van der Waals surface area contributed by atoms with Crippen LogP contribution in [0, 0.1) is 23.7 Å². The average Bonchev–Trinajstić information content (AvgIpc) is 2.96. The third-order valence-electron chi connectivity index (χ3n) is 9.86. The molecule has 2 saturated heterocycles. The number of hydrogen-bond donors (Lipinski definition) is 4. The minimum Gasteiger partial charge on any atom is -0.459 e. The minimum absolute atomic E-state index is 0.0778. The molecular weight excluding hydrogens is 562 g/mol. The van der Waals surface area contributed by atoms with Gasteiger partial charge in [-0.2, -0.15) is 0 Å². The molecule has 4 N–H and O–H groups in total. The number of Topliss-reactive ketones (excluding diaryl/α,β-unsaturated/α-hetero) is 1. The van der Waals surface area contributed by atoms with Crippen molar-refractivity contribution in [3.63, 3.8) is 0 Å². The van der Waals surface area contributed by atoms with Gasteiger partial charge in [0.1, 0.15) is 23.6 Å². The highest BCUT2D eigenvalue weighted by Crippen LogP contribution is 2.39. The largest absolute Gasteiger partial charge is 0.459 e. The standard InChI is InChI=1S/C31H55NO11/c1-12-22-31(9,39)26(37)17(4)23(34)15(2)14-30(8,40-11)27(18(5)24(35)19(6)28(38)42-22)43-29-25(36)21(13-16(3)41-29)32(10)20(7)33/h15-19,21-22,24-27,29,35-37,39H,12-14H2,1-11H3/t15-,16+,17-,18-,19+,21-,22+,24-,25-,26+,27-,29?,30+,31+/m0/s1. The number of amides is 1. The second kappa shape index (κ2) is 14.6. The highest BCUT2D eigenvalue weighted by atomic mass is 16.7. The van der Waals surface area contributed by atoms with E-state index in [9.17, 15) is 34.8 Å². The number of carbonyl (C=O) groups excluding carboxylic acids is 3. The molecule has 12 nitrogen and oxygen atoms in total. The average molecular weight is 618 g/mol. The van der Waals surface area contributed by atoms with Crippen LogP contribution in [0.4, 0.5) is 0 Å². The van der Waals surface area contributed by atoms with Gasteiger partial charge in [-0.3, -0.25) is 14.4 Å². The summed E-state index contributed by atoms with van der Waals surface area (Å²) in [6.07, 6.45) is -7.32. The lowest BCUT2D eigenvalue weighted by Gasteiger charge is -2.48. The van der Waals surface area contributed by atoms with E-state index in [1.807, 2.05) is 0 Å². The topological polar surface area (TPSA) is 172 Å². The van der Waals surface area contributed by atoms with Crippen LogP contribution in [0.15, 0.2) is 0 Å². The van der Waals surface area contributed by atoms with Crippen molar-refractivity contribution in [1.29, 1.82) is 0 Å². The van der Waals surface area contributed by atoms with Crippen LogP contribution < -0.4 is 0 Å². The molecule has 0 aliphatic carbocycles. The molecule has 43 heavy (non-hydrogen) atoms. The molecule has 2 heterocycles. The quantitative estimate of drug-likeness (QED) is 0.329. The Morgan fingerprint density at radius 3 is 2.14 bits per heavy atom. The summed E-state index contributed by atoms with van der Waals surface area (Å²) in [7, 11) is 3.03. The maximum absolute atomic E-state index is 13.6. The third-order valence-corrected chi connectivity index (χ3v) is 9.86. The molecule has 1 unspecified atom stereocenters. The van der Waals surface area contributed by atoms with Gasteiger partial charge in [-0.05, 0) is 47.0 Å². The van der Waals surface area contributed by atoms with E-state index in [1.165, 1.54) is 39.7 Å². The molecule has 12 heteroatoms. The molecule has 0 aromatic rings. The summed E-state index contributed by atoms with van der Waals surface area (Å²) in [4.78, 5) is 40.5. The van der Waals surface area contributed by atoms with Crippen LogP contribution in [0.3, 0.4) is 0 Å². The molecular formula is C31H55NO11. The van der Waals surface area contributed by atoms with Crippen molar-refractivity contribution in [2.24, 2.45) is 23.7 Å². The fraction of sp³-hybridized carbons (Fsp3) is 0.903. The Morgan fingerprint density at radius 1 is 1.05 bits per heavy atom. The Morgan fingerprint density at radius 2 is 1.63 bits per heavy atom. The van der Waals surface area contributed by atoms with Gasteiger partial charge in [-0.15, -0.1) is 0 Å². The number of aliphatic hydroxyl groups is 4. The van der Waals surface area contributed by atoms with Crippen LogP contribution in [0.1, 0.15) is 81.6 Å². The highest BCUT2D eigenvalue weighted by molar-refractivity contribution is 5.83. The first-order valence-corrected chi connectivity index (χ1v) is 15.3. The second-order valence-electron chi connectivity index (χ2n) is 13.3. The van der Waals surface area contributed by atoms with E-state index in [4.69, 9.17) is 18.9 Å². The van der Waals surface area contributed by atoms with Crippen LogP contribution >= 0.6 is 0 Å². The van der Waals surface area contributed by atoms with Crippen molar-refractivity contribution in [1.82, 2.24) is 4.90 Å². The predicted octanol–water partition coefficient (Wildman–Crippen LogP) is 1.43. The molecule has 2 aliphatic rings. The van der Waals surface area contributed by atoms with E-state index in [1.54, 1.807) is 41.7 Å². The van der Waals surface area contributed by atoms with Crippen LogP contribution in [0.25, 0.3) is 0 Å². The first-order valence-electron chi connectivity index (χ1n) is 15.3. The van der Waals surface area contributed by atoms with E-state index in [2.05, 4.69) is 0 Å². The van der Waals surface area contributed by atoms with E-state index in [-0.39, 0.29) is 30.6 Å². The van der Waals surface area contributed by atoms with Gasteiger partial charge in [0.2, 0.25) is 5.91 Å². The zero-order valence-corrected chi connectivity index (χ0v) is 27.6. The number of nitrogens with zero attached hydrogens (tertiary/aromatic N) is 1. The number of likely N-dealkylation sites (N-methyl/N-ethyl adjacent to an activating group) is 1. The van der Waals surface area contributed by atoms with Crippen LogP contribution in [0.5, 0.6) is 0 Å². The Labute approximate surface area is 256 Å². The maximum atomic E-state index is 13.6. The summed E-state index contributed by atoms with van der Waals surface area (Å²) in [6, 6.07) is -0.603. The van der Waals surface area contributed by atoms with E-state index >= 15 is 0 Å². The molecule has 2 aliphatic heterocycles. The summed E-state index contributed by atoms with van der Waals surface area (Å²) >= 11 is 0. The zero-order valence-electron chi connectivity index (χ0n) is 27.6. The van der Waals surface area contributed by atoms with Gasteiger partial charge >= 0.3 is 5.97 Å². The molecule has 14 atom stereocenters. The van der Waals surface area contributed by atoms with Gasteiger partial charge in [-0.25, -0.2) is 0 Å². The molecule has 0 saturated carbocycles. The molecule has 0 aromatic carbocycles. The smallest absolute Gasteiger partial charge is 0.311 e. The van der Waals surface area contributed by atoms with Gasteiger partial charge in [-0.1, -0.05) is 27.7 Å². The number of ether oxygens (including phenoxy) is 4. The van der Waals surface area contributed by atoms with Crippen molar-refractivity contribution in [2.75, 3.05) is 14.2 Å².